The molecule has 1 aromatic heterocycles. The van der Waals surface area contributed by atoms with Crippen LogP contribution in [0.15, 0.2) is 47.3 Å². The Morgan fingerprint density at radius 2 is 1.65 bits per heavy atom. The summed E-state index contributed by atoms with van der Waals surface area (Å²) in [6, 6.07) is 13.2. The van der Waals surface area contributed by atoms with Crippen LogP contribution in [0.2, 0.25) is 0 Å². The second kappa shape index (κ2) is 5.76. The molecule has 118 valence electrons. The van der Waals surface area contributed by atoms with E-state index >= 15 is 0 Å². The molecule has 0 saturated heterocycles. The Morgan fingerprint density at radius 3 is 2.35 bits per heavy atom. The maximum Gasteiger partial charge on any atom is 0.328 e. The van der Waals surface area contributed by atoms with Gasteiger partial charge in [0.05, 0.1) is 11.0 Å². The lowest BCUT2D eigenvalue weighted by Gasteiger charge is -2.06. The van der Waals surface area contributed by atoms with Crippen LogP contribution >= 0.6 is 0 Å². The van der Waals surface area contributed by atoms with Crippen LogP contribution in [-0.2, 0) is 20.6 Å². The molecule has 3 aromatic rings. The first-order chi connectivity index (χ1) is 11.0. The fourth-order valence-corrected chi connectivity index (χ4v) is 2.65. The van der Waals surface area contributed by atoms with E-state index < -0.39 is 0 Å². The quantitative estimate of drug-likeness (QED) is 0.805. The zero-order chi connectivity index (χ0) is 16.6. The SMILES string of the molecule is Cc1ccc(C(=O)NCc2ccc3c(c2)n(C)c(=O)n3C)cc1. The first-order valence-electron chi connectivity index (χ1n) is 7.46. The Kier molecular flexibility index (Phi) is 3.78. The summed E-state index contributed by atoms with van der Waals surface area (Å²) in [6.07, 6.45) is 0. The Bertz CT molecular complexity index is 933. The van der Waals surface area contributed by atoms with Crippen molar-refractivity contribution >= 4 is 16.9 Å². The van der Waals surface area contributed by atoms with Crippen molar-refractivity contribution in [1.29, 1.82) is 0 Å². The van der Waals surface area contributed by atoms with Gasteiger partial charge in [-0.2, -0.15) is 0 Å². The van der Waals surface area contributed by atoms with Crippen molar-refractivity contribution in [2.45, 2.75) is 13.5 Å². The molecule has 5 nitrogen and oxygen atoms in total. The van der Waals surface area contributed by atoms with Crippen molar-refractivity contribution in [3.63, 3.8) is 0 Å². The van der Waals surface area contributed by atoms with Crippen LogP contribution < -0.4 is 11.0 Å². The summed E-state index contributed by atoms with van der Waals surface area (Å²) in [7, 11) is 3.50. The normalized spacial score (nSPS) is 10.9. The molecule has 2 aromatic carbocycles. The van der Waals surface area contributed by atoms with E-state index in [1.165, 1.54) is 0 Å². The van der Waals surface area contributed by atoms with Crippen molar-refractivity contribution in [1.82, 2.24) is 14.5 Å². The molecule has 0 saturated carbocycles. The zero-order valence-electron chi connectivity index (χ0n) is 13.5. The van der Waals surface area contributed by atoms with Gasteiger partial charge in [-0.1, -0.05) is 23.8 Å². The minimum absolute atomic E-state index is 0.0548. The van der Waals surface area contributed by atoms with Crippen LogP contribution in [-0.4, -0.2) is 15.0 Å². The highest BCUT2D eigenvalue weighted by Crippen LogP contribution is 2.14. The summed E-state index contributed by atoms with van der Waals surface area (Å²) in [5, 5.41) is 2.91. The van der Waals surface area contributed by atoms with Crippen LogP contribution in [0, 0.1) is 6.92 Å². The second-order valence-corrected chi connectivity index (χ2v) is 5.77. The third kappa shape index (κ3) is 2.77. The van der Waals surface area contributed by atoms with E-state index in [1.807, 2.05) is 49.4 Å². The summed E-state index contributed by atoms with van der Waals surface area (Å²) in [4.78, 5) is 24.1. The fourth-order valence-electron chi connectivity index (χ4n) is 2.65. The lowest BCUT2D eigenvalue weighted by Crippen LogP contribution is -2.22. The molecule has 3 rings (SSSR count). The molecule has 0 unspecified atom stereocenters. The van der Waals surface area contributed by atoms with Crippen LogP contribution in [0.25, 0.3) is 11.0 Å². The zero-order valence-corrected chi connectivity index (χ0v) is 13.5. The summed E-state index contributed by atoms with van der Waals surface area (Å²) in [5.74, 6) is -0.105. The number of carbonyl (C=O) groups is 1. The molecule has 0 bridgehead atoms. The first kappa shape index (κ1) is 15.1. The number of nitrogens with zero attached hydrogens (tertiary/aromatic N) is 2. The number of rotatable bonds is 3. The van der Waals surface area contributed by atoms with Crippen molar-refractivity contribution in [2.75, 3.05) is 0 Å². The van der Waals surface area contributed by atoms with Gasteiger partial charge in [-0.3, -0.25) is 13.9 Å². The van der Waals surface area contributed by atoms with Crippen LogP contribution in [0.4, 0.5) is 0 Å². The number of hydrogen-bond acceptors (Lipinski definition) is 2. The number of fused-ring (bicyclic) bond motifs is 1. The van der Waals surface area contributed by atoms with Crippen molar-refractivity contribution < 1.29 is 4.79 Å². The van der Waals surface area contributed by atoms with Gasteiger partial charge in [0.1, 0.15) is 0 Å². The Labute approximate surface area is 134 Å². The van der Waals surface area contributed by atoms with Crippen LogP contribution in [0.3, 0.4) is 0 Å². The smallest absolute Gasteiger partial charge is 0.328 e. The Morgan fingerprint density at radius 1 is 1.00 bits per heavy atom. The summed E-state index contributed by atoms with van der Waals surface area (Å²) in [5.41, 5.74) is 4.41. The van der Waals surface area contributed by atoms with E-state index in [2.05, 4.69) is 5.32 Å². The maximum atomic E-state index is 12.1. The van der Waals surface area contributed by atoms with E-state index in [-0.39, 0.29) is 11.6 Å². The third-order valence-electron chi connectivity index (χ3n) is 4.10. The predicted octanol–water partition coefficient (Wildman–Crippen LogP) is 2.12. The molecular weight excluding hydrogens is 290 g/mol. The molecule has 0 aliphatic carbocycles. The number of aryl methyl sites for hydroxylation is 3. The van der Waals surface area contributed by atoms with Crippen molar-refractivity contribution in [3.8, 4) is 0 Å². The number of hydrogen-bond donors (Lipinski definition) is 1. The van der Waals surface area contributed by atoms with Gasteiger partial charge in [0.25, 0.3) is 5.91 Å². The maximum absolute atomic E-state index is 12.1. The van der Waals surface area contributed by atoms with Gasteiger partial charge in [0, 0.05) is 26.2 Å². The number of aromatic nitrogens is 2. The Hall–Kier alpha value is -2.82. The number of imidazole rings is 1. The fraction of sp³-hybridized carbons (Fsp3) is 0.222. The molecule has 0 radical (unpaired) electrons. The van der Waals surface area contributed by atoms with E-state index in [4.69, 9.17) is 0 Å². The topological polar surface area (TPSA) is 56.0 Å². The molecule has 0 aliphatic heterocycles. The molecule has 1 heterocycles. The van der Waals surface area contributed by atoms with Gasteiger partial charge in [0.2, 0.25) is 0 Å². The predicted molar refractivity (Wildman–Crippen MR) is 90.5 cm³/mol. The average molecular weight is 309 g/mol. The molecule has 0 spiro atoms. The van der Waals surface area contributed by atoms with Crippen LogP contribution in [0.5, 0.6) is 0 Å². The van der Waals surface area contributed by atoms with Gasteiger partial charge in [-0.05, 0) is 36.8 Å². The second-order valence-electron chi connectivity index (χ2n) is 5.77. The number of amides is 1. The monoisotopic (exact) mass is 309 g/mol. The summed E-state index contributed by atoms with van der Waals surface area (Å²) in [6.45, 7) is 2.41. The van der Waals surface area contributed by atoms with Gasteiger partial charge in [-0.15, -0.1) is 0 Å². The van der Waals surface area contributed by atoms with Gasteiger partial charge in [0.15, 0.2) is 0 Å². The van der Waals surface area contributed by atoms with Gasteiger partial charge < -0.3 is 5.32 Å². The highest BCUT2D eigenvalue weighted by atomic mass is 16.2. The number of carbonyl (C=O) groups excluding carboxylic acids is 1. The summed E-state index contributed by atoms with van der Waals surface area (Å²) < 4.78 is 3.23. The molecule has 0 aliphatic rings. The molecule has 5 heteroatoms. The minimum Gasteiger partial charge on any atom is -0.348 e. The molecule has 1 amide bonds. The summed E-state index contributed by atoms with van der Waals surface area (Å²) >= 11 is 0. The Balaban J connectivity index is 1.79. The molecular formula is C18H19N3O2. The van der Waals surface area contributed by atoms with Crippen LogP contribution in [0.1, 0.15) is 21.5 Å². The minimum atomic E-state index is -0.105. The molecule has 1 N–H and O–H groups in total. The average Bonchev–Trinajstić information content (AvgIpc) is 2.77. The van der Waals surface area contributed by atoms with Crippen molar-refractivity contribution in [2.24, 2.45) is 14.1 Å². The number of benzene rings is 2. The number of nitrogens with one attached hydrogen (secondary N) is 1. The van der Waals surface area contributed by atoms with E-state index in [1.54, 1.807) is 23.2 Å². The molecule has 0 fully saturated rings. The lowest BCUT2D eigenvalue weighted by atomic mass is 10.1. The highest BCUT2D eigenvalue weighted by Gasteiger charge is 2.09. The molecule has 0 atom stereocenters. The third-order valence-corrected chi connectivity index (χ3v) is 4.10. The standard InChI is InChI=1S/C18H19N3O2/c1-12-4-7-14(8-5-12)17(22)19-11-13-6-9-15-16(10-13)21(3)18(23)20(15)2/h4-10H,11H2,1-3H3,(H,19,22). The molecule has 23 heavy (non-hydrogen) atoms. The van der Waals surface area contributed by atoms with Gasteiger partial charge >= 0.3 is 5.69 Å². The van der Waals surface area contributed by atoms with E-state index in [9.17, 15) is 9.59 Å². The largest absolute Gasteiger partial charge is 0.348 e. The first-order valence-corrected chi connectivity index (χ1v) is 7.46. The van der Waals surface area contributed by atoms with E-state index in [0.29, 0.717) is 12.1 Å². The highest BCUT2D eigenvalue weighted by molar-refractivity contribution is 5.94. The van der Waals surface area contributed by atoms with Gasteiger partial charge in [-0.25, -0.2) is 4.79 Å². The van der Waals surface area contributed by atoms with Crippen molar-refractivity contribution in [3.05, 3.63) is 69.6 Å². The lowest BCUT2D eigenvalue weighted by molar-refractivity contribution is 0.0951. The van der Waals surface area contributed by atoms with E-state index in [0.717, 1.165) is 22.2 Å².